The van der Waals surface area contributed by atoms with Gasteiger partial charge >= 0.3 is 0 Å². The van der Waals surface area contributed by atoms with Crippen molar-refractivity contribution in [3.63, 3.8) is 0 Å². The zero-order valence-corrected chi connectivity index (χ0v) is 16.1. The van der Waals surface area contributed by atoms with Gasteiger partial charge in [-0.1, -0.05) is 23.7 Å². The van der Waals surface area contributed by atoms with Crippen LogP contribution in [-0.4, -0.2) is 60.5 Å². The summed E-state index contributed by atoms with van der Waals surface area (Å²) in [7, 11) is -3.48. The molecule has 0 atom stereocenters. The summed E-state index contributed by atoms with van der Waals surface area (Å²) in [5.74, 6) is 0. The Bertz CT molecular complexity index is 823. The molecule has 1 aliphatic rings. The van der Waals surface area contributed by atoms with Gasteiger partial charge in [0.15, 0.2) is 0 Å². The molecule has 0 spiro atoms. The molecule has 1 fully saturated rings. The van der Waals surface area contributed by atoms with Crippen LogP contribution in [-0.2, 0) is 16.4 Å². The van der Waals surface area contributed by atoms with Crippen LogP contribution in [0.5, 0.6) is 0 Å². The molecule has 3 rings (SSSR count). The van der Waals surface area contributed by atoms with E-state index in [4.69, 9.17) is 11.6 Å². The van der Waals surface area contributed by atoms with Crippen LogP contribution in [0.15, 0.2) is 29.2 Å². The molecule has 0 unspecified atom stereocenters. The Morgan fingerprint density at radius 2 is 1.92 bits per heavy atom. The number of sulfonamides is 1. The Morgan fingerprint density at radius 3 is 2.52 bits per heavy atom. The number of piperazine rings is 1. The molecule has 136 valence electrons. The number of H-pyrrole nitrogens is 1. The first kappa shape index (κ1) is 18.4. The van der Waals surface area contributed by atoms with E-state index < -0.39 is 10.0 Å². The van der Waals surface area contributed by atoms with Crippen LogP contribution in [0.1, 0.15) is 17.0 Å². The highest BCUT2D eigenvalue weighted by Crippen LogP contribution is 2.22. The summed E-state index contributed by atoms with van der Waals surface area (Å²) in [5.41, 5.74) is 2.33. The molecule has 2 heterocycles. The number of aryl methyl sites for hydroxylation is 2. The van der Waals surface area contributed by atoms with Crippen LogP contribution in [0.2, 0.25) is 5.02 Å². The van der Waals surface area contributed by atoms with E-state index >= 15 is 0 Å². The van der Waals surface area contributed by atoms with E-state index in [9.17, 15) is 8.42 Å². The highest BCUT2D eigenvalue weighted by atomic mass is 35.5. The van der Waals surface area contributed by atoms with E-state index in [1.165, 1.54) is 5.56 Å². The molecule has 0 aliphatic carbocycles. The van der Waals surface area contributed by atoms with Crippen LogP contribution in [0.25, 0.3) is 0 Å². The smallest absolute Gasteiger partial charge is 0.246 e. The van der Waals surface area contributed by atoms with Gasteiger partial charge in [0.05, 0.1) is 11.4 Å². The average Bonchev–Trinajstić information content (AvgIpc) is 2.93. The number of aromatic nitrogens is 2. The van der Waals surface area contributed by atoms with Crippen LogP contribution in [0, 0.1) is 13.8 Å². The molecule has 6 nitrogen and oxygen atoms in total. The van der Waals surface area contributed by atoms with Gasteiger partial charge in [-0.15, -0.1) is 0 Å². The molecule has 0 radical (unpaired) electrons. The fourth-order valence-electron chi connectivity index (χ4n) is 3.22. The minimum Gasteiger partial charge on any atom is -0.300 e. The number of halogens is 1. The van der Waals surface area contributed by atoms with Gasteiger partial charge in [-0.05, 0) is 38.0 Å². The maximum Gasteiger partial charge on any atom is 0.246 e. The Morgan fingerprint density at radius 1 is 1.20 bits per heavy atom. The SMILES string of the molecule is Cc1n[nH]c(C)c1S(=O)(=O)N1CCN(CCc2cccc(Cl)c2)CC1. The number of benzene rings is 1. The highest BCUT2D eigenvalue weighted by Gasteiger charge is 2.32. The minimum absolute atomic E-state index is 0.319. The molecular formula is C17H23ClN4O2S. The van der Waals surface area contributed by atoms with Gasteiger partial charge in [0.1, 0.15) is 4.90 Å². The molecule has 0 bridgehead atoms. The molecule has 1 N–H and O–H groups in total. The van der Waals surface area contributed by atoms with Gasteiger partial charge in [0, 0.05) is 37.7 Å². The first-order valence-corrected chi connectivity index (χ1v) is 10.2. The number of nitrogens with zero attached hydrogens (tertiary/aromatic N) is 3. The molecule has 1 aromatic heterocycles. The molecule has 8 heteroatoms. The normalized spacial score (nSPS) is 17.1. The summed E-state index contributed by atoms with van der Waals surface area (Å²) in [4.78, 5) is 2.61. The number of aromatic amines is 1. The second kappa shape index (κ2) is 7.45. The lowest BCUT2D eigenvalue weighted by atomic mass is 10.1. The lowest BCUT2D eigenvalue weighted by Gasteiger charge is -2.34. The molecule has 1 aromatic carbocycles. The van der Waals surface area contributed by atoms with Crippen molar-refractivity contribution in [1.82, 2.24) is 19.4 Å². The lowest BCUT2D eigenvalue weighted by Crippen LogP contribution is -2.49. The van der Waals surface area contributed by atoms with Gasteiger partial charge in [0.2, 0.25) is 10.0 Å². The topological polar surface area (TPSA) is 69.3 Å². The molecule has 1 aliphatic heterocycles. The van der Waals surface area contributed by atoms with Crippen molar-refractivity contribution in [2.75, 3.05) is 32.7 Å². The summed E-state index contributed by atoms with van der Waals surface area (Å²) in [6, 6.07) is 7.87. The Labute approximate surface area is 153 Å². The molecule has 2 aromatic rings. The quantitative estimate of drug-likeness (QED) is 0.860. The Kier molecular flexibility index (Phi) is 5.48. The molecular weight excluding hydrogens is 360 g/mol. The third-order valence-electron chi connectivity index (χ3n) is 4.60. The predicted octanol–water partition coefficient (Wildman–Crippen LogP) is 2.23. The lowest BCUT2D eigenvalue weighted by molar-refractivity contribution is 0.190. The summed E-state index contributed by atoms with van der Waals surface area (Å²) in [6.45, 7) is 6.83. The third kappa shape index (κ3) is 4.06. The van der Waals surface area contributed by atoms with Gasteiger partial charge < -0.3 is 4.90 Å². The van der Waals surface area contributed by atoms with Crippen molar-refractivity contribution in [3.8, 4) is 0 Å². The van der Waals surface area contributed by atoms with Gasteiger partial charge in [-0.2, -0.15) is 9.40 Å². The first-order chi connectivity index (χ1) is 11.9. The second-order valence-corrected chi connectivity index (χ2v) is 8.70. The van der Waals surface area contributed by atoms with Crippen LogP contribution in [0.4, 0.5) is 0 Å². The largest absolute Gasteiger partial charge is 0.300 e. The minimum atomic E-state index is -3.48. The number of nitrogens with one attached hydrogen (secondary N) is 1. The van der Waals surface area contributed by atoms with E-state index in [-0.39, 0.29) is 0 Å². The highest BCUT2D eigenvalue weighted by molar-refractivity contribution is 7.89. The number of hydrogen-bond donors (Lipinski definition) is 1. The van der Waals surface area contributed by atoms with Crippen molar-refractivity contribution in [2.24, 2.45) is 0 Å². The van der Waals surface area contributed by atoms with Crippen LogP contribution >= 0.6 is 11.6 Å². The molecule has 25 heavy (non-hydrogen) atoms. The molecule has 0 saturated carbocycles. The predicted molar refractivity (Wildman–Crippen MR) is 98.4 cm³/mol. The van der Waals surface area contributed by atoms with E-state index in [2.05, 4.69) is 21.2 Å². The zero-order valence-electron chi connectivity index (χ0n) is 14.5. The summed E-state index contributed by atoms with van der Waals surface area (Å²) in [6.07, 6.45) is 0.910. The number of hydrogen-bond acceptors (Lipinski definition) is 4. The van der Waals surface area contributed by atoms with E-state index in [0.717, 1.165) is 31.1 Å². The fourth-order valence-corrected chi connectivity index (χ4v) is 5.19. The maximum absolute atomic E-state index is 12.8. The summed E-state index contributed by atoms with van der Waals surface area (Å²) in [5, 5.41) is 7.52. The third-order valence-corrected chi connectivity index (χ3v) is 6.99. The van der Waals surface area contributed by atoms with Crippen LogP contribution < -0.4 is 0 Å². The van der Waals surface area contributed by atoms with Gasteiger partial charge in [-0.25, -0.2) is 8.42 Å². The van der Waals surface area contributed by atoms with Gasteiger partial charge in [-0.3, -0.25) is 5.10 Å². The van der Waals surface area contributed by atoms with E-state index in [1.807, 2.05) is 18.2 Å². The second-order valence-electron chi connectivity index (χ2n) is 6.39. The van der Waals surface area contributed by atoms with Crippen LogP contribution in [0.3, 0.4) is 0 Å². The number of rotatable bonds is 5. The first-order valence-electron chi connectivity index (χ1n) is 8.36. The standard InChI is InChI=1S/C17H23ClN4O2S/c1-13-17(14(2)20-19-13)25(23,24)22-10-8-21(9-11-22)7-6-15-4-3-5-16(18)12-15/h3-5,12H,6-11H2,1-2H3,(H,19,20). The molecule has 1 saturated heterocycles. The van der Waals surface area contributed by atoms with Crippen molar-refractivity contribution >= 4 is 21.6 Å². The average molecular weight is 383 g/mol. The van der Waals surface area contributed by atoms with E-state index in [1.54, 1.807) is 18.2 Å². The zero-order chi connectivity index (χ0) is 18.0. The van der Waals surface area contributed by atoms with Crippen molar-refractivity contribution in [3.05, 3.63) is 46.2 Å². The Hall–Kier alpha value is -1.41. The monoisotopic (exact) mass is 382 g/mol. The molecule has 0 amide bonds. The fraction of sp³-hybridized carbons (Fsp3) is 0.471. The van der Waals surface area contributed by atoms with Gasteiger partial charge in [0.25, 0.3) is 0 Å². The summed E-state index contributed by atoms with van der Waals surface area (Å²) >= 11 is 6.02. The van der Waals surface area contributed by atoms with Crippen molar-refractivity contribution in [1.29, 1.82) is 0 Å². The Balaban J connectivity index is 1.58. The van der Waals surface area contributed by atoms with Crippen molar-refractivity contribution in [2.45, 2.75) is 25.2 Å². The maximum atomic E-state index is 12.8. The van der Waals surface area contributed by atoms with E-state index in [0.29, 0.717) is 29.4 Å². The summed E-state index contributed by atoms with van der Waals surface area (Å²) < 4.78 is 27.3. The van der Waals surface area contributed by atoms with Crippen molar-refractivity contribution < 1.29 is 8.42 Å².